The molecule has 0 saturated heterocycles. The lowest BCUT2D eigenvalue weighted by Gasteiger charge is -2.19. The first-order valence-corrected chi connectivity index (χ1v) is 19.7. The number of nitrogens with one attached hydrogen (secondary N) is 4. The third-order valence-corrected chi connectivity index (χ3v) is 7.07. The Hall–Kier alpha value is -1.89. The molecule has 0 atom stereocenters. The lowest BCUT2D eigenvalue weighted by molar-refractivity contribution is -0.117. The summed E-state index contributed by atoms with van der Waals surface area (Å²) in [6, 6.07) is 15.0. The molecule has 4 N–H and O–H groups in total. The number of halogens is 5. The van der Waals surface area contributed by atoms with Gasteiger partial charge in [-0.15, -0.1) is 0 Å². The van der Waals surface area contributed by atoms with Gasteiger partial charge in [0.2, 0.25) is 5.91 Å². The highest BCUT2D eigenvalue weighted by Gasteiger charge is 2.16. The van der Waals surface area contributed by atoms with Crippen molar-refractivity contribution in [3.05, 3.63) is 94.0 Å². The highest BCUT2D eigenvalue weighted by molar-refractivity contribution is 14.3. The van der Waals surface area contributed by atoms with Crippen LogP contribution in [0.25, 0.3) is 22.8 Å². The molecule has 0 bridgehead atoms. The lowest BCUT2D eigenvalue weighted by atomic mass is 10.2. The van der Waals surface area contributed by atoms with Gasteiger partial charge in [0.05, 0.1) is 0 Å². The van der Waals surface area contributed by atoms with Crippen molar-refractivity contribution in [2.75, 3.05) is 13.1 Å². The quantitative estimate of drug-likeness (QED) is 0.0982. The van der Waals surface area contributed by atoms with E-state index in [4.69, 9.17) is 27.9 Å². The summed E-state index contributed by atoms with van der Waals surface area (Å²) in [5.41, 5.74) is 4.35. The number of nitrogens with zero attached hydrogens (tertiary/aromatic N) is 2. The molecule has 49 heavy (non-hydrogen) atoms. The van der Waals surface area contributed by atoms with Crippen molar-refractivity contribution in [2.24, 2.45) is 0 Å². The van der Waals surface area contributed by atoms with Crippen molar-refractivity contribution in [1.29, 1.82) is 0 Å². The molecule has 2 amide bonds. The van der Waals surface area contributed by atoms with E-state index in [0.717, 1.165) is 65.4 Å². The van der Waals surface area contributed by atoms with Gasteiger partial charge in [0.25, 0.3) is 0 Å². The molecular weight excluding hydrogens is 1000 g/mol. The molecule has 2 heterocycles. The monoisotopic (exact) mass is 1050 g/mol. The minimum atomic E-state index is -0.486. The minimum Gasteiger partial charge on any atom is -0.444 e. The Morgan fingerprint density at radius 3 is 1.69 bits per heavy atom. The van der Waals surface area contributed by atoms with Crippen LogP contribution < -0.4 is 10.6 Å². The van der Waals surface area contributed by atoms with Crippen molar-refractivity contribution in [3.63, 3.8) is 0 Å². The van der Waals surface area contributed by atoms with Crippen molar-refractivity contribution < 1.29 is 14.3 Å². The number of carbonyl (C=O) groups is 2. The van der Waals surface area contributed by atoms with Crippen LogP contribution >= 0.6 is 91.0 Å². The molecule has 2 aromatic carbocycles. The Bertz CT molecular complexity index is 1620. The number of hydrogen-bond acceptors (Lipinski definition) is 5. The van der Waals surface area contributed by atoms with Crippen LogP contribution in [0.4, 0.5) is 4.79 Å². The van der Waals surface area contributed by atoms with Crippen LogP contribution in [0.1, 0.15) is 58.8 Å². The second-order valence-electron chi connectivity index (χ2n) is 11.6. The van der Waals surface area contributed by atoms with E-state index in [-0.39, 0.29) is 13.3 Å². The maximum Gasteiger partial charge on any atom is 0.407 e. The van der Waals surface area contributed by atoms with Gasteiger partial charge in [0.1, 0.15) is 17.2 Å². The largest absolute Gasteiger partial charge is 0.444 e. The van der Waals surface area contributed by atoms with Gasteiger partial charge in [0.15, 0.2) is 0 Å². The van der Waals surface area contributed by atoms with Crippen molar-refractivity contribution >= 4 is 103 Å². The molecule has 9 nitrogen and oxygen atoms in total. The van der Waals surface area contributed by atoms with Crippen molar-refractivity contribution in [2.45, 2.75) is 65.8 Å². The van der Waals surface area contributed by atoms with E-state index in [0.29, 0.717) is 29.6 Å². The fraction of sp³-hybridized carbons (Fsp3) is 0.371. The zero-order valence-corrected chi connectivity index (χ0v) is 34.9. The maximum atomic E-state index is 11.9. The summed E-state index contributed by atoms with van der Waals surface area (Å²) in [6.07, 6.45) is 9.60. The number of alkyl halides is 3. The number of benzene rings is 2. The molecule has 0 radical (unpaired) electrons. The number of aromatic amines is 2. The van der Waals surface area contributed by atoms with Crippen molar-refractivity contribution in [1.82, 2.24) is 30.6 Å². The summed E-state index contributed by atoms with van der Waals surface area (Å²) < 4.78 is 5.92. The average Bonchev–Trinajstić information content (AvgIpc) is 3.80. The van der Waals surface area contributed by atoms with Crippen LogP contribution in [-0.2, 0) is 22.4 Å². The molecule has 14 heteroatoms. The zero-order chi connectivity index (χ0) is 35.1. The summed E-state index contributed by atoms with van der Waals surface area (Å²) in [7, 11) is 0. The highest BCUT2D eigenvalue weighted by Crippen LogP contribution is 2.21. The molecule has 1 aliphatic carbocycles. The summed E-state index contributed by atoms with van der Waals surface area (Å²) in [5, 5.41) is 7.07. The van der Waals surface area contributed by atoms with E-state index in [1.165, 1.54) is 0 Å². The Labute approximate surface area is 340 Å². The molecule has 0 spiro atoms. The number of alkyl carbamates (subject to hydrolysis) is 1. The van der Waals surface area contributed by atoms with Gasteiger partial charge in [-0.3, -0.25) is 4.79 Å². The predicted octanol–water partition coefficient (Wildman–Crippen LogP) is 10.5. The number of aromatic nitrogens is 4. The maximum absolute atomic E-state index is 11.9. The molecule has 1 aliphatic rings. The summed E-state index contributed by atoms with van der Waals surface area (Å²) in [5.74, 6) is 1.66. The summed E-state index contributed by atoms with van der Waals surface area (Å²) in [4.78, 5) is 38.6. The van der Waals surface area contributed by atoms with Gasteiger partial charge in [-0.1, -0.05) is 104 Å². The summed E-state index contributed by atoms with van der Waals surface area (Å²) >= 11 is 18.7. The fourth-order valence-electron chi connectivity index (χ4n) is 4.40. The Morgan fingerprint density at radius 2 is 1.29 bits per heavy atom. The van der Waals surface area contributed by atoms with Gasteiger partial charge < -0.3 is 25.3 Å². The first kappa shape index (κ1) is 43.3. The molecule has 0 fully saturated rings. The van der Waals surface area contributed by atoms with Gasteiger partial charge in [0, 0.05) is 76.5 Å². The molecule has 0 unspecified atom stereocenters. The lowest BCUT2D eigenvalue weighted by Crippen LogP contribution is -2.33. The van der Waals surface area contributed by atoms with E-state index in [2.05, 4.69) is 98.3 Å². The molecule has 4 aromatic rings. The smallest absolute Gasteiger partial charge is 0.407 e. The van der Waals surface area contributed by atoms with Gasteiger partial charge >= 0.3 is 6.09 Å². The van der Waals surface area contributed by atoms with Crippen LogP contribution in [-0.4, -0.2) is 50.6 Å². The Balaban J connectivity index is 0.000000301. The van der Waals surface area contributed by atoms with Crippen molar-refractivity contribution in [3.8, 4) is 22.8 Å². The fourth-order valence-corrected chi connectivity index (χ4v) is 4.65. The molecule has 5 rings (SSSR count). The zero-order valence-electron chi connectivity index (χ0n) is 26.9. The number of imidazole rings is 2. The first-order chi connectivity index (χ1) is 22.8. The third kappa shape index (κ3) is 17.3. The molecular formula is C35H43Cl2I3N6O3. The van der Waals surface area contributed by atoms with Gasteiger partial charge in [-0.25, -0.2) is 14.8 Å². The van der Waals surface area contributed by atoms with Gasteiger partial charge in [-0.05, 0) is 88.6 Å². The standard InChI is InChI=1S/C17H18ClN3O.C16H20ClN3O2.CHI3.CH4/c18-14-7-5-12(6-8-14)16-20-11-15(21-16)9-10-19-17(22)13-3-1-2-4-13;1-16(2,3)22-15(21)18-9-8-13-10-19-14(20-13)11-4-6-12(17)7-5-11;2-1(3)4;/h3,5-8,11H,1-2,4,9-10H2,(H,19,22)(H,20,21);4-7,10H,8-9H2,1-3H3,(H,18,21)(H,19,20);1H;1H4. The number of ether oxygens (including phenoxy) is 1. The number of carbonyl (C=O) groups excluding carboxylic acids is 2. The van der Waals surface area contributed by atoms with Crippen LogP contribution in [0.15, 0.2) is 72.6 Å². The Kier molecular flexibility index (Phi) is 19.5. The molecule has 266 valence electrons. The number of hydrogen-bond donors (Lipinski definition) is 4. The average molecular weight is 1050 g/mol. The Morgan fingerprint density at radius 1 is 0.837 bits per heavy atom. The topological polar surface area (TPSA) is 125 Å². The highest BCUT2D eigenvalue weighted by atomic mass is 127. The van der Waals surface area contributed by atoms with Crippen LogP contribution in [0.5, 0.6) is 0 Å². The van der Waals surface area contributed by atoms with Gasteiger partial charge in [-0.2, -0.15) is 0 Å². The normalized spacial score (nSPS) is 12.1. The van der Waals surface area contributed by atoms with Crippen LogP contribution in [0.2, 0.25) is 10.0 Å². The number of rotatable bonds is 9. The van der Waals surface area contributed by atoms with E-state index in [1.54, 1.807) is 6.20 Å². The van der Waals surface area contributed by atoms with E-state index < -0.39 is 11.7 Å². The predicted molar refractivity (Wildman–Crippen MR) is 227 cm³/mol. The molecule has 0 aliphatic heterocycles. The summed E-state index contributed by atoms with van der Waals surface area (Å²) in [6.45, 7) is 6.59. The van der Waals surface area contributed by atoms with E-state index in [1.807, 2.05) is 81.6 Å². The number of H-pyrrole nitrogens is 2. The van der Waals surface area contributed by atoms with E-state index in [9.17, 15) is 9.59 Å². The second-order valence-corrected chi connectivity index (χ2v) is 23.3. The first-order valence-electron chi connectivity index (χ1n) is 15.2. The van der Waals surface area contributed by atoms with Crippen LogP contribution in [0.3, 0.4) is 0 Å². The van der Waals surface area contributed by atoms with Crippen LogP contribution in [0, 0.1) is 0 Å². The third-order valence-electron chi connectivity index (χ3n) is 6.57. The SMILES string of the molecule is C.CC(C)(C)OC(=O)NCCc1cnc(-c2ccc(Cl)cc2)[nH]1.IC(I)I.O=C(NCCc1cnc(-c2ccc(Cl)cc2)[nH]1)C1=CCCC1. The number of allylic oxidation sites excluding steroid dienone is 1. The second kappa shape index (κ2) is 22.1. The molecule has 2 aromatic heterocycles. The molecule has 0 saturated carbocycles. The number of amides is 2. The minimum absolute atomic E-state index is 0. The van der Waals surface area contributed by atoms with E-state index >= 15 is 0 Å².